The van der Waals surface area contributed by atoms with Gasteiger partial charge in [-0.1, -0.05) is 175 Å². The zero-order valence-electron chi connectivity index (χ0n) is 25.4. The second-order valence-corrected chi connectivity index (χ2v) is 11.7. The molecule has 0 amide bonds. The Hall–Kier alpha value is -0.530. The van der Waals surface area contributed by atoms with E-state index in [1.807, 2.05) is 0 Å². The minimum absolute atomic E-state index is 0.0496. The molecular formula is C34H68O2. The average molecular weight is 509 g/mol. The van der Waals surface area contributed by atoms with Crippen molar-refractivity contribution in [2.24, 2.45) is 5.92 Å². The molecule has 216 valence electrons. The number of hydrogen-bond donors (Lipinski definition) is 0. The molecule has 0 aromatic carbocycles. The Morgan fingerprint density at radius 3 is 1.11 bits per heavy atom. The van der Waals surface area contributed by atoms with Crippen molar-refractivity contribution in [1.29, 1.82) is 0 Å². The van der Waals surface area contributed by atoms with Crippen molar-refractivity contribution < 1.29 is 9.53 Å². The minimum Gasteiger partial charge on any atom is -0.465 e. The van der Waals surface area contributed by atoms with Crippen LogP contribution in [0, 0.1) is 5.92 Å². The largest absolute Gasteiger partial charge is 0.465 e. The number of hydrogen-bond acceptors (Lipinski definition) is 2. The maximum atomic E-state index is 12.3. The second-order valence-electron chi connectivity index (χ2n) is 11.7. The third kappa shape index (κ3) is 28.0. The van der Waals surface area contributed by atoms with Crippen LogP contribution in [0.5, 0.6) is 0 Å². The molecule has 0 aromatic rings. The number of carbonyl (C=O) groups excluding carboxylic acids is 1. The summed E-state index contributed by atoms with van der Waals surface area (Å²) < 4.78 is 5.77. The summed E-state index contributed by atoms with van der Waals surface area (Å²) in [5.41, 5.74) is 0. The van der Waals surface area contributed by atoms with Gasteiger partial charge in [0.25, 0.3) is 0 Å². The zero-order chi connectivity index (χ0) is 26.4. The summed E-state index contributed by atoms with van der Waals surface area (Å²) in [6.07, 6.45) is 36.8. The van der Waals surface area contributed by atoms with E-state index in [1.54, 1.807) is 0 Å². The molecule has 0 bridgehead atoms. The molecule has 0 radical (unpaired) electrons. The van der Waals surface area contributed by atoms with Crippen molar-refractivity contribution in [3.8, 4) is 0 Å². The Morgan fingerprint density at radius 2 is 0.750 bits per heavy atom. The summed E-state index contributed by atoms with van der Waals surface area (Å²) in [6.45, 7) is 7.51. The molecule has 1 unspecified atom stereocenters. The van der Waals surface area contributed by atoms with Gasteiger partial charge in [-0.15, -0.1) is 0 Å². The Bertz CT molecular complexity index is 419. The monoisotopic (exact) mass is 509 g/mol. The molecule has 36 heavy (non-hydrogen) atoms. The van der Waals surface area contributed by atoms with Gasteiger partial charge in [0.15, 0.2) is 0 Å². The normalized spacial score (nSPS) is 12.2. The van der Waals surface area contributed by atoms with Crippen LogP contribution in [0.3, 0.4) is 0 Å². The van der Waals surface area contributed by atoms with Crippen LogP contribution in [0.4, 0.5) is 0 Å². The van der Waals surface area contributed by atoms with Crippen molar-refractivity contribution in [3.63, 3.8) is 0 Å². The molecule has 0 aliphatic carbocycles. The molecule has 0 N–H and O–H groups in total. The zero-order valence-corrected chi connectivity index (χ0v) is 25.4. The molecule has 2 nitrogen and oxygen atoms in total. The third-order valence-electron chi connectivity index (χ3n) is 7.90. The number of carbonyl (C=O) groups is 1. The Kier molecular flexibility index (Phi) is 30.2. The lowest BCUT2D eigenvalue weighted by atomic mass is 9.94. The van der Waals surface area contributed by atoms with E-state index in [0.29, 0.717) is 18.9 Å². The van der Waals surface area contributed by atoms with Gasteiger partial charge in [0.1, 0.15) is 0 Å². The fraction of sp³-hybridized carbons (Fsp3) is 0.971. The molecule has 0 aliphatic heterocycles. The first-order chi connectivity index (χ1) is 17.7. The molecule has 0 aromatic heterocycles. The molecule has 0 aliphatic rings. The summed E-state index contributed by atoms with van der Waals surface area (Å²) in [5.74, 6) is 0.631. The van der Waals surface area contributed by atoms with Gasteiger partial charge in [-0.25, -0.2) is 0 Å². The highest BCUT2D eigenvalue weighted by molar-refractivity contribution is 5.69. The van der Waals surface area contributed by atoms with E-state index < -0.39 is 0 Å². The highest BCUT2D eigenvalue weighted by Gasteiger charge is 2.12. The molecule has 0 saturated carbocycles. The number of ether oxygens (including phenoxy) is 1. The molecule has 0 spiro atoms. The van der Waals surface area contributed by atoms with Gasteiger partial charge in [0.2, 0.25) is 0 Å². The van der Waals surface area contributed by atoms with Crippen molar-refractivity contribution in [1.82, 2.24) is 0 Å². The van der Waals surface area contributed by atoms with E-state index in [1.165, 1.54) is 167 Å². The molecule has 0 fully saturated rings. The number of esters is 1. The van der Waals surface area contributed by atoms with Gasteiger partial charge in [-0.3, -0.25) is 4.79 Å². The van der Waals surface area contributed by atoms with E-state index in [-0.39, 0.29) is 5.97 Å². The van der Waals surface area contributed by atoms with Crippen LogP contribution >= 0.6 is 0 Å². The topological polar surface area (TPSA) is 26.3 Å². The number of rotatable bonds is 30. The van der Waals surface area contributed by atoms with E-state index in [4.69, 9.17) is 4.74 Å². The minimum atomic E-state index is 0.0496. The van der Waals surface area contributed by atoms with Crippen LogP contribution in [0.15, 0.2) is 0 Å². The predicted molar refractivity (Wildman–Crippen MR) is 161 cm³/mol. The van der Waals surface area contributed by atoms with E-state index >= 15 is 0 Å². The molecule has 0 rings (SSSR count). The van der Waals surface area contributed by atoms with Crippen molar-refractivity contribution in [3.05, 3.63) is 0 Å². The fourth-order valence-corrected chi connectivity index (χ4v) is 5.31. The summed E-state index contributed by atoms with van der Waals surface area (Å²) in [7, 11) is 0. The molecule has 0 heterocycles. The van der Waals surface area contributed by atoms with Crippen LogP contribution in [-0.4, -0.2) is 12.6 Å². The summed E-state index contributed by atoms with van der Waals surface area (Å²) in [5, 5.41) is 0. The lowest BCUT2D eigenvalue weighted by Gasteiger charge is -2.17. The standard InChI is InChI=1S/C34H68O2/c1-4-7-10-13-15-17-19-21-24-27-30-33(29-26-23-12-9-6-3)32-36-34(35)31-28-25-22-20-18-16-14-11-8-5-2/h33H,4-32H2,1-3H3. The highest BCUT2D eigenvalue weighted by Crippen LogP contribution is 2.20. The van der Waals surface area contributed by atoms with Gasteiger partial charge in [0.05, 0.1) is 6.61 Å². The van der Waals surface area contributed by atoms with Crippen LogP contribution in [0.2, 0.25) is 0 Å². The van der Waals surface area contributed by atoms with Gasteiger partial charge >= 0.3 is 5.97 Å². The molecule has 2 heteroatoms. The van der Waals surface area contributed by atoms with Gasteiger partial charge in [0, 0.05) is 6.42 Å². The quantitative estimate of drug-likeness (QED) is 0.0712. The van der Waals surface area contributed by atoms with Crippen LogP contribution in [-0.2, 0) is 9.53 Å². The fourth-order valence-electron chi connectivity index (χ4n) is 5.31. The van der Waals surface area contributed by atoms with Gasteiger partial charge < -0.3 is 4.74 Å². The second kappa shape index (κ2) is 30.7. The third-order valence-corrected chi connectivity index (χ3v) is 7.90. The smallest absolute Gasteiger partial charge is 0.305 e. The lowest BCUT2D eigenvalue weighted by Crippen LogP contribution is -2.14. The molecule has 0 saturated heterocycles. The Labute approximate surface area is 228 Å². The first-order valence-corrected chi connectivity index (χ1v) is 16.9. The first-order valence-electron chi connectivity index (χ1n) is 16.9. The SMILES string of the molecule is CCCCCCCCCCCCC(=O)OCC(CCCCCCC)CCCCCCCCCCCC. The van der Waals surface area contributed by atoms with Crippen molar-refractivity contribution in [2.75, 3.05) is 6.61 Å². The van der Waals surface area contributed by atoms with E-state index in [9.17, 15) is 4.79 Å². The predicted octanol–water partition coefficient (Wildman–Crippen LogP) is 12.1. The van der Waals surface area contributed by atoms with E-state index in [2.05, 4.69) is 20.8 Å². The van der Waals surface area contributed by atoms with E-state index in [0.717, 1.165) is 6.42 Å². The lowest BCUT2D eigenvalue weighted by molar-refractivity contribution is -0.145. The maximum absolute atomic E-state index is 12.3. The number of unbranched alkanes of at least 4 members (excludes halogenated alkanes) is 22. The summed E-state index contributed by atoms with van der Waals surface area (Å²) in [6, 6.07) is 0. The van der Waals surface area contributed by atoms with Crippen LogP contribution in [0.25, 0.3) is 0 Å². The maximum Gasteiger partial charge on any atom is 0.305 e. The summed E-state index contributed by atoms with van der Waals surface area (Å²) in [4.78, 5) is 12.3. The highest BCUT2D eigenvalue weighted by atomic mass is 16.5. The van der Waals surface area contributed by atoms with Crippen LogP contribution in [0.1, 0.15) is 201 Å². The Morgan fingerprint density at radius 1 is 0.444 bits per heavy atom. The first kappa shape index (κ1) is 35.5. The van der Waals surface area contributed by atoms with Crippen LogP contribution < -0.4 is 0 Å². The van der Waals surface area contributed by atoms with Crippen molar-refractivity contribution >= 4 is 5.97 Å². The van der Waals surface area contributed by atoms with Gasteiger partial charge in [-0.2, -0.15) is 0 Å². The van der Waals surface area contributed by atoms with Gasteiger partial charge in [-0.05, 0) is 25.2 Å². The summed E-state index contributed by atoms with van der Waals surface area (Å²) >= 11 is 0. The van der Waals surface area contributed by atoms with Crippen molar-refractivity contribution in [2.45, 2.75) is 201 Å². The molecular weight excluding hydrogens is 440 g/mol. The average Bonchev–Trinajstić information content (AvgIpc) is 2.88. The Balaban J connectivity index is 3.88. The molecule has 1 atom stereocenters.